The first-order valence-electron chi connectivity index (χ1n) is 7.13. The highest BCUT2D eigenvalue weighted by Gasteiger charge is 2.23. The summed E-state index contributed by atoms with van der Waals surface area (Å²) in [6.07, 6.45) is -0.297. The number of hydrogen-bond acceptors (Lipinski definition) is 4. The minimum Gasteiger partial charge on any atom is -0.450 e. The number of ketones is 1. The van der Waals surface area contributed by atoms with Gasteiger partial charge in [-0.1, -0.05) is 23.2 Å². The molecule has 22 heavy (non-hydrogen) atoms. The third kappa shape index (κ3) is 4.35. The van der Waals surface area contributed by atoms with Crippen LogP contribution in [0.5, 0.6) is 0 Å². The minimum absolute atomic E-state index is 0.0498. The smallest absolute Gasteiger partial charge is 0.409 e. The predicted octanol–water partition coefficient (Wildman–Crippen LogP) is 2.95. The first kappa shape index (κ1) is 17.1. The molecule has 1 aliphatic rings. The number of nitrogens with zero attached hydrogens (tertiary/aromatic N) is 2. The molecule has 1 heterocycles. The lowest BCUT2D eigenvalue weighted by atomic mass is 10.1. The molecule has 0 unspecified atom stereocenters. The number of carbonyl (C=O) groups excluding carboxylic acids is 2. The maximum Gasteiger partial charge on any atom is 0.409 e. The molecule has 0 N–H and O–H groups in total. The highest BCUT2D eigenvalue weighted by molar-refractivity contribution is 6.36. The molecular formula is C15H18Cl2N2O3. The quantitative estimate of drug-likeness (QED) is 0.788. The Hall–Kier alpha value is -1.30. The second-order valence-electron chi connectivity index (χ2n) is 5.01. The van der Waals surface area contributed by atoms with Crippen LogP contribution in [0.3, 0.4) is 0 Å². The van der Waals surface area contributed by atoms with Crippen LogP contribution < -0.4 is 0 Å². The molecule has 1 aliphatic heterocycles. The molecule has 5 nitrogen and oxygen atoms in total. The van der Waals surface area contributed by atoms with Crippen molar-refractivity contribution in [3.63, 3.8) is 0 Å². The molecule has 1 amide bonds. The van der Waals surface area contributed by atoms with Crippen LogP contribution >= 0.6 is 23.2 Å². The van der Waals surface area contributed by atoms with E-state index in [0.717, 1.165) is 0 Å². The van der Waals surface area contributed by atoms with Gasteiger partial charge in [0.1, 0.15) is 0 Å². The molecule has 0 spiro atoms. The summed E-state index contributed by atoms with van der Waals surface area (Å²) in [5, 5.41) is 0.868. The summed E-state index contributed by atoms with van der Waals surface area (Å²) in [6.45, 7) is 4.81. The zero-order valence-electron chi connectivity index (χ0n) is 12.3. The van der Waals surface area contributed by atoms with Gasteiger partial charge in [-0.05, 0) is 25.1 Å². The molecule has 1 saturated heterocycles. The molecule has 0 bridgehead atoms. The van der Waals surface area contributed by atoms with E-state index in [0.29, 0.717) is 48.4 Å². The molecule has 1 aromatic carbocycles. The molecule has 0 radical (unpaired) electrons. The van der Waals surface area contributed by atoms with E-state index in [4.69, 9.17) is 27.9 Å². The van der Waals surface area contributed by atoms with E-state index in [9.17, 15) is 9.59 Å². The second-order valence-corrected chi connectivity index (χ2v) is 5.85. The fraction of sp³-hybridized carbons (Fsp3) is 0.467. The van der Waals surface area contributed by atoms with Gasteiger partial charge in [0, 0.05) is 36.8 Å². The Morgan fingerprint density at radius 3 is 2.45 bits per heavy atom. The van der Waals surface area contributed by atoms with Gasteiger partial charge < -0.3 is 9.64 Å². The lowest BCUT2D eigenvalue weighted by molar-refractivity contribution is 0.0733. The van der Waals surface area contributed by atoms with Gasteiger partial charge >= 0.3 is 6.09 Å². The molecule has 2 rings (SSSR count). The zero-order valence-corrected chi connectivity index (χ0v) is 13.9. The maximum absolute atomic E-state index is 12.3. The van der Waals surface area contributed by atoms with E-state index < -0.39 is 0 Å². The normalized spacial score (nSPS) is 15.7. The predicted molar refractivity (Wildman–Crippen MR) is 85.8 cm³/mol. The topological polar surface area (TPSA) is 49.9 Å². The third-order valence-corrected chi connectivity index (χ3v) is 4.04. The van der Waals surface area contributed by atoms with Crippen LogP contribution in [0, 0.1) is 0 Å². The summed E-state index contributed by atoms with van der Waals surface area (Å²) in [5.74, 6) is -0.0498. The van der Waals surface area contributed by atoms with Gasteiger partial charge in [-0.25, -0.2) is 4.79 Å². The van der Waals surface area contributed by atoms with E-state index in [-0.39, 0.29) is 18.4 Å². The number of halogens is 2. The van der Waals surface area contributed by atoms with Gasteiger partial charge in [-0.3, -0.25) is 9.69 Å². The monoisotopic (exact) mass is 344 g/mol. The van der Waals surface area contributed by atoms with Crippen LogP contribution in [0.15, 0.2) is 18.2 Å². The van der Waals surface area contributed by atoms with E-state index in [1.165, 1.54) is 0 Å². The average molecular weight is 345 g/mol. The summed E-state index contributed by atoms with van der Waals surface area (Å²) in [7, 11) is 0. The number of ether oxygens (including phenoxy) is 1. The number of hydrogen-bond donors (Lipinski definition) is 0. The van der Waals surface area contributed by atoms with Crippen molar-refractivity contribution in [3.8, 4) is 0 Å². The SMILES string of the molecule is CCOC(=O)N1CCN(CC(=O)c2ccc(Cl)cc2Cl)CC1. The van der Waals surface area contributed by atoms with Crippen LogP contribution in [0.4, 0.5) is 4.79 Å². The first-order chi connectivity index (χ1) is 10.5. The molecule has 1 fully saturated rings. The Kier molecular flexibility index (Phi) is 6.06. The Morgan fingerprint density at radius 1 is 1.18 bits per heavy atom. The number of Topliss-reactive ketones (excluding diaryl/α,β-unsaturated/α-hetero) is 1. The van der Waals surface area contributed by atoms with Gasteiger partial charge in [-0.15, -0.1) is 0 Å². The first-order valence-corrected chi connectivity index (χ1v) is 7.89. The summed E-state index contributed by atoms with van der Waals surface area (Å²) in [6, 6.07) is 4.86. The Labute approximate surface area is 139 Å². The van der Waals surface area contributed by atoms with Crippen LogP contribution in [0.1, 0.15) is 17.3 Å². The molecule has 7 heteroatoms. The molecule has 0 aromatic heterocycles. The van der Waals surface area contributed by atoms with Crippen molar-refractivity contribution < 1.29 is 14.3 Å². The third-order valence-electron chi connectivity index (χ3n) is 3.50. The number of piperazine rings is 1. The molecule has 0 aliphatic carbocycles. The molecule has 1 aromatic rings. The van der Waals surface area contributed by atoms with Crippen molar-refractivity contribution in [1.82, 2.24) is 9.80 Å². The number of carbonyl (C=O) groups is 2. The largest absolute Gasteiger partial charge is 0.450 e. The fourth-order valence-corrected chi connectivity index (χ4v) is 2.82. The van der Waals surface area contributed by atoms with Gasteiger partial charge in [-0.2, -0.15) is 0 Å². The summed E-state index contributed by atoms with van der Waals surface area (Å²) < 4.78 is 4.97. The van der Waals surface area contributed by atoms with Gasteiger partial charge in [0.2, 0.25) is 0 Å². The maximum atomic E-state index is 12.3. The van der Waals surface area contributed by atoms with Crippen molar-refractivity contribution in [2.75, 3.05) is 39.3 Å². The Morgan fingerprint density at radius 2 is 1.86 bits per heavy atom. The minimum atomic E-state index is -0.297. The van der Waals surface area contributed by atoms with E-state index >= 15 is 0 Å². The average Bonchev–Trinajstić information content (AvgIpc) is 2.48. The van der Waals surface area contributed by atoms with E-state index in [1.54, 1.807) is 30.0 Å². The lowest BCUT2D eigenvalue weighted by Gasteiger charge is -2.33. The zero-order chi connectivity index (χ0) is 16.1. The lowest BCUT2D eigenvalue weighted by Crippen LogP contribution is -2.50. The van der Waals surface area contributed by atoms with Crippen molar-refractivity contribution >= 4 is 35.1 Å². The fourth-order valence-electron chi connectivity index (χ4n) is 2.31. The summed E-state index contributed by atoms with van der Waals surface area (Å²) in [4.78, 5) is 27.6. The van der Waals surface area contributed by atoms with Gasteiger partial charge in [0.25, 0.3) is 0 Å². The second kappa shape index (κ2) is 7.81. The van der Waals surface area contributed by atoms with Crippen molar-refractivity contribution in [2.24, 2.45) is 0 Å². The van der Waals surface area contributed by atoms with E-state index in [2.05, 4.69) is 0 Å². The van der Waals surface area contributed by atoms with Crippen LogP contribution in [-0.4, -0.2) is 61.0 Å². The standard InChI is InChI=1S/C15H18Cl2N2O3/c1-2-22-15(21)19-7-5-18(6-8-19)10-14(20)12-4-3-11(16)9-13(12)17/h3-4,9H,2,5-8,10H2,1H3. The highest BCUT2D eigenvalue weighted by atomic mass is 35.5. The number of benzene rings is 1. The molecule has 0 atom stereocenters. The van der Waals surface area contributed by atoms with Gasteiger partial charge in [0.15, 0.2) is 5.78 Å². The van der Waals surface area contributed by atoms with Crippen LogP contribution in [-0.2, 0) is 4.74 Å². The number of rotatable bonds is 4. The van der Waals surface area contributed by atoms with Gasteiger partial charge in [0.05, 0.1) is 18.2 Å². The summed E-state index contributed by atoms with van der Waals surface area (Å²) in [5.41, 5.74) is 0.471. The molecule has 0 saturated carbocycles. The summed E-state index contributed by atoms with van der Waals surface area (Å²) >= 11 is 11.9. The van der Waals surface area contributed by atoms with Crippen molar-refractivity contribution in [2.45, 2.75) is 6.92 Å². The Balaban J connectivity index is 1.88. The Bertz CT molecular complexity index is 558. The van der Waals surface area contributed by atoms with Crippen LogP contribution in [0.25, 0.3) is 0 Å². The molecular weight excluding hydrogens is 327 g/mol. The van der Waals surface area contributed by atoms with E-state index in [1.807, 2.05) is 4.90 Å². The number of amides is 1. The highest BCUT2D eigenvalue weighted by Crippen LogP contribution is 2.21. The van der Waals surface area contributed by atoms with Crippen LogP contribution in [0.2, 0.25) is 10.0 Å². The van der Waals surface area contributed by atoms with Crippen molar-refractivity contribution in [1.29, 1.82) is 0 Å². The van der Waals surface area contributed by atoms with Crippen molar-refractivity contribution in [3.05, 3.63) is 33.8 Å². The molecule has 120 valence electrons.